The molecule has 29 heavy (non-hydrogen) atoms. The topological polar surface area (TPSA) is 57.7 Å². The second kappa shape index (κ2) is 8.68. The van der Waals surface area contributed by atoms with Gasteiger partial charge in [0.15, 0.2) is 0 Å². The van der Waals surface area contributed by atoms with Gasteiger partial charge in [-0.25, -0.2) is 0 Å². The van der Waals surface area contributed by atoms with E-state index in [1.54, 1.807) is 6.20 Å². The summed E-state index contributed by atoms with van der Waals surface area (Å²) in [5.41, 5.74) is 3.67. The molecule has 0 radical (unpaired) electrons. The number of nitrogens with one attached hydrogen (secondary N) is 1. The van der Waals surface area contributed by atoms with Gasteiger partial charge in [0.05, 0.1) is 25.3 Å². The van der Waals surface area contributed by atoms with Crippen molar-refractivity contribution in [3.63, 3.8) is 0 Å². The van der Waals surface area contributed by atoms with Crippen LogP contribution in [0, 0.1) is 0 Å². The summed E-state index contributed by atoms with van der Waals surface area (Å²) in [5.74, 6) is -0.0782. The molecule has 1 fully saturated rings. The summed E-state index contributed by atoms with van der Waals surface area (Å²) in [6, 6.07) is 15.4. The maximum absolute atomic E-state index is 12.6. The van der Waals surface area contributed by atoms with Gasteiger partial charge >= 0.3 is 0 Å². The van der Waals surface area contributed by atoms with Crippen LogP contribution in [0.15, 0.2) is 54.7 Å². The minimum atomic E-state index is -0.0782. The molecule has 0 spiro atoms. The van der Waals surface area contributed by atoms with Crippen molar-refractivity contribution >= 4 is 45.5 Å². The van der Waals surface area contributed by atoms with Crippen molar-refractivity contribution < 1.29 is 9.53 Å². The number of halogens is 1. The number of nitrogens with zero attached hydrogens (tertiary/aromatic N) is 3. The number of carbonyl (C=O) groups is 1. The molecule has 1 aliphatic heterocycles. The fourth-order valence-electron chi connectivity index (χ4n) is 3.52. The Hall–Kier alpha value is -2.83. The van der Waals surface area contributed by atoms with Crippen molar-refractivity contribution in [1.29, 1.82) is 0 Å². The lowest BCUT2D eigenvalue weighted by Gasteiger charge is -2.29. The highest BCUT2D eigenvalue weighted by molar-refractivity contribution is 6.31. The van der Waals surface area contributed by atoms with Gasteiger partial charge in [-0.15, -0.1) is 0 Å². The smallest absolute Gasteiger partial charge is 0.243 e. The molecule has 0 unspecified atom stereocenters. The lowest BCUT2D eigenvalue weighted by Crippen LogP contribution is -2.36. The maximum atomic E-state index is 12.6. The Bertz CT molecular complexity index is 1000. The third kappa shape index (κ3) is 4.60. The Labute approximate surface area is 175 Å². The van der Waals surface area contributed by atoms with Crippen molar-refractivity contribution in [3.8, 4) is 0 Å². The van der Waals surface area contributed by atoms with Crippen LogP contribution in [0.2, 0.25) is 5.02 Å². The number of fused-ring (bicyclic) bond motifs is 1. The van der Waals surface area contributed by atoms with E-state index in [-0.39, 0.29) is 12.5 Å². The lowest BCUT2D eigenvalue weighted by molar-refractivity contribution is -0.114. The standard InChI is InChI=1S/C22H23ClN4O2/c1-26(21-8-9-24-20-14-16(23)2-7-19(20)21)15-22(28)25-17-3-5-18(6-4-17)27-10-12-29-13-11-27/h2-9,14H,10-13,15H2,1H3,(H,25,28). The first-order valence-electron chi connectivity index (χ1n) is 9.58. The first-order valence-corrected chi connectivity index (χ1v) is 9.96. The molecule has 6 nitrogen and oxygen atoms in total. The van der Waals surface area contributed by atoms with Gasteiger partial charge in [-0.1, -0.05) is 11.6 Å². The van der Waals surface area contributed by atoms with Gasteiger partial charge in [0.1, 0.15) is 0 Å². The number of ether oxygens (including phenoxy) is 1. The Morgan fingerprint density at radius 3 is 2.69 bits per heavy atom. The average molecular weight is 411 g/mol. The van der Waals surface area contributed by atoms with Crippen LogP contribution in [0.1, 0.15) is 0 Å². The monoisotopic (exact) mass is 410 g/mol. The van der Waals surface area contributed by atoms with Crippen molar-refractivity contribution in [1.82, 2.24) is 4.98 Å². The van der Waals surface area contributed by atoms with E-state index in [0.717, 1.165) is 54.3 Å². The molecule has 0 aliphatic carbocycles. The molecule has 1 aromatic heterocycles. The number of likely N-dealkylation sites (N-methyl/N-ethyl adjacent to an activating group) is 1. The Balaban J connectivity index is 1.40. The second-order valence-electron chi connectivity index (χ2n) is 7.04. The number of rotatable bonds is 5. The molecule has 2 heterocycles. The van der Waals surface area contributed by atoms with Gasteiger partial charge in [-0.2, -0.15) is 0 Å². The van der Waals surface area contributed by atoms with E-state index >= 15 is 0 Å². The number of aromatic nitrogens is 1. The molecule has 0 atom stereocenters. The first kappa shape index (κ1) is 19.5. The molecule has 0 saturated carbocycles. The summed E-state index contributed by atoms with van der Waals surface area (Å²) < 4.78 is 5.39. The molecule has 1 amide bonds. The van der Waals surface area contributed by atoms with Crippen molar-refractivity contribution in [2.45, 2.75) is 0 Å². The van der Waals surface area contributed by atoms with Gasteiger partial charge in [0.2, 0.25) is 5.91 Å². The summed E-state index contributed by atoms with van der Waals surface area (Å²) in [6.07, 6.45) is 1.73. The Kier molecular flexibility index (Phi) is 5.83. The van der Waals surface area contributed by atoms with E-state index in [1.165, 1.54) is 0 Å². The molecule has 2 aromatic carbocycles. The largest absolute Gasteiger partial charge is 0.378 e. The van der Waals surface area contributed by atoms with Crippen LogP contribution in [0.3, 0.4) is 0 Å². The zero-order valence-corrected chi connectivity index (χ0v) is 17.0. The molecule has 150 valence electrons. The molecular formula is C22H23ClN4O2. The number of carbonyl (C=O) groups excluding carboxylic acids is 1. The number of pyridine rings is 1. The van der Waals surface area contributed by atoms with E-state index in [1.807, 2.05) is 60.5 Å². The van der Waals surface area contributed by atoms with E-state index < -0.39 is 0 Å². The van der Waals surface area contributed by atoms with Gasteiger partial charge in [-0.05, 0) is 48.5 Å². The average Bonchev–Trinajstić information content (AvgIpc) is 2.74. The predicted octanol–water partition coefficient (Wildman–Crippen LogP) is 3.80. The van der Waals surface area contributed by atoms with Crippen LogP contribution < -0.4 is 15.1 Å². The van der Waals surface area contributed by atoms with E-state index in [4.69, 9.17) is 16.3 Å². The molecule has 1 N–H and O–H groups in total. The zero-order chi connectivity index (χ0) is 20.2. The Morgan fingerprint density at radius 1 is 1.17 bits per heavy atom. The third-order valence-corrected chi connectivity index (χ3v) is 5.24. The summed E-state index contributed by atoms with van der Waals surface area (Å²) in [6.45, 7) is 3.51. The van der Waals surface area contributed by atoms with Gasteiger partial charge < -0.3 is 19.9 Å². The van der Waals surface area contributed by atoms with Crippen LogP contribution in [-0.2, 0) is 9.53 Å². The van der Waals surface area contributed by atoms with Crippen LogP contribution in [0.4, 0.5) is 17.1 Å². The maximum Gasteiger partial charge on any atom is 0.243 e. The lowest BCUT2D eigenvalue weighted by atomic mass is 10.1. The summed E-state index contributed by atoms with van der Waals surface area (Å²) >= 11 is 6.06. The molecule has 0 bridgehead atoms. The van der Waals surface area contributed by atoms with E-state index in [9.17, 15) is 4.79 Å². The molecule has 4 rings (SSSR count). The van der Waals surface area contributed by atoms with Gasteiger partial charge in [0.25, 0.3) is 0 Å². The van der Waals surface area contributed by atoms with Crippen molar-refractivity contribution in [2.75, 3.05) is 55.0 Å². The fraction of sp³-hybridized carbons (Fsp3) is 0.273. The number of hydrogen-bond acceptors (Lipinski definition) is 5. The Morgan fingerprint density at radius 2 is 1.93 bits per heavy atom. The van der Waals surface area contributed by atoms with Crippen molar-refractivity contribution in [3.05, 3.63) is 59.8 Å². The highest BCUT2D eigenvalue weighted by Crippen LogP contribution is 2.26. The summed E-state index contributed by atoms with van der Waals surface area (Å²) in [5, 5.41) is 4.57. The highest BCUT2D eigenvalue weighted by atomic mass is 35.5. The minimum Gasteiger partial charge on any atom is -0.378 e. The van der Waals surface area contributed by atoms with Gasteiger partial charge in [-0.3, -0.25) is 9.78 Å². The normalized spacial score (nSPS) is 14.1. The molecule has 3 aromatic rings. The number of amides is 1. The van der Waals surface area contributed by atoms with Crippen LogP contribution in [0.5, 0.6) is 0 Å². The third-order valence-electron chi connectivity index (χ3n) is 5.00. The number of anilines is 3. The highest BCUT2D eigenvalue weighted by Gasteiger charge is 2.13. The van der Waals surface area contributed by atoms with E-state index in [2.05, 4.69) is 15.2 Å². The number of benzene rings is 2. The SMILES string of the molecule is CN(CC(=O)Nc1ccc(N2CCOCC2)cc1)c1ccnc2cc(Cl)ccc12. The molecule has 1 aliphatic rings. The predicted molar refractivity (Wildman–Crippen MR) is 118 cm³/mol. The zero-order valence-electron chi connectivity index (χ0n) is 16.3. The van der Waals surface area contributed by atoms with Crippen LogP contribution in [-0.4, -0.2) is 50.8 Å². The van der Waals surface area contributed by atoms with Gasteiger partial charge in [0, 0.05) is 53.8 Å². The molecular weight excluding hydrogens is 388 g/mol. The fourth-order valence-corrected chi connectivity index (χ4v) is 3.68. The number of morpholine rings is 1. The first-order chi connectivity index (χ1) is 14.1. The van der Waals surface area contributed by atoms with Crippen LogP contribution in [0.25, 0.3) is 10.9 Å². The molecule has 1 saturated heterocycles. The second-order valence-corrected chi connectivity index (χ2v) is 7.48. The minimum absolute atomic E-state index is 0.0782. The van der Waals surface area contributed by atoms with Crippen LogP contribution >= 0.6 is 11.6 Å². The number of hydrogen-bond donors (Lipinski definition) is 1. The summed E-state index contributed by atoms with van der Waals surface area (Å²) in [7, 11) is 1.89. The molecule has 7 heteroatoms. The summed E-state index contributed by atoms with van der Waals surface area (Å²) in [4.78, 5) is 21.1. The van der Waals surface area contributed by atoms with Crippen molar-refractivity contribution in [2.24, 2.45) is 0 Å². The van der Waals surface area contributed by atoms with E-state index in [0.29, 0.717) is 5.02 Å². The quantitative estimate of drug-likeness (QED) is 0.693.